The van der Waals surface area contributed by atoms with Gasteiger partial charge in [0.05, 0.1) is 6.54 Å². The number of hydrogen-bond acceptors (Lipinski definition) is 4. The number of ether oxygens (including phenoxy) is 1. The first-order chi connectivity index (χ1) is 11.2. The molecule has 3 rings (SSSR count). The van der Waals surface area contributed by atoms with E-state index in [0.717, 1.165) is 11.8 Å². The van der Waals surface area contributed by atoms with Gasteiger partial charge in [0, 0.05) is 18.0 Å². The van der Waals surface area contributed by atoms with Crippen molar-refractivity contribution in [3.05, 3.63) is 41.9 Å². The van der Waals surface area contributed by atoms with Gasteiger partial charge in [0.15, 0.2) is 11.6 Å². The fourth-order valence-electron chi connectivity index (χ4n) is 2.66. The van der Waals surface area contributed by atoms with Gasteiger partial charge in [0.2, 0.25) is 5.85 Å². The Morgan fingerprint density at radius 3 is 2.71 bits per heavy atom. The summed E-state index contributed by atoms with van der Waals surface area (Å²) in [5.41, 5.74) is 1.29. The molecule has 0 saturated carbocycles. The molecule has 0 aromatic carbocycles. The van der Waals surface area contributed by atoms with Crippen LogP contribution in [-0.2, 0) is 4.74 Å². The zero-order chi connectivity index (χ0) is 17.5. The second-order valence-corrected chi connectivity index (χ2v) is 5.91. The zero-order valence-corrected chi connectivity index (χ0v) is 13.1. The predicted molar refractivity (Wildman–Crippen MR) is 80.6 cm³/mol. The minimum absolute atomic E-state index is 0.113. The van der Waals surface area contributed by atoms with Gasteiger partial charge in [-0.25, -0.2) is 4.39 Å². The van der Waals surface area contributed by atoms with Gasteiger partial charge in [-0.2, -0.15) is 8.78 Å². The summed E-state index contributed by atoms with van der Waals surface area (Å²) in [6.07, 6.45) is -0.478. The molecule has 1 aliphatic rings. The number of nitrogens with one attached hydrogen (secondary N) is 1. The Morgan fingerprint density at radius 2 is 2.08 bits per heavy atom. The first kappa shape index (κ1) is 16.5. The van der Waals surface area contributed by atoms with Crippen LogP contribution in [0.5, 0.6) is 0 Å². The second-order valence-electron chi connectivity index (χ2n) is 5.91. The van der Waals surface area contributed by atoms with Crippen LogP contribution < -0.4 is 0 Å². The Bertz CT molecular complexity index is 743. The highest BCUT2D eigenvalue weighted by molar-refractivity contribution is 5.95. The second kappa shape index (κ2) is 5.62. The van der Waals surface area contributed by atoms with E-state index in [1.165, 1.54) is 0 Å². The SMILES string of the molecule is Cc1cc(-c2cccnc2)oc1C(=N)N1CC(C)(F)OC(F)(F)C1. The summed E-state index contributed by atoms with van der Waals surface area (Å²) in [6, 6.07) is 5.20. The third-order valence-electron chi connectivity index (χ3n) is 3.61. The van der Waals surface area contributed by atoms with E-state index in [4.69, 9.17) is 9.83 Å². The van der Waals surface area contributed by atoms with Crippen LogP contribution in [0.15, 0.2) is 35.0 Å². The highest BCUT2D eigenvalue weighted by Gasteiger charge is 2.49. The molecule has 1 atom stereocenters. The van der Waals surface area contributed by atoms with Crippen molar-refractivity contribution in [1.82, 2.24) is 9.88 Å². The summed E-state index contributed by atoms with van der Waals surface area (Å²) in [7, 11) is 0. The third-order valence-corrected chi connectivity index (χ3v) is 3.61. The van der Waals surface area contributed by atoms with Gasteiger partial charge in [0.25, 0.3) is 0 Å². The lowest BCUT2D eigenvalue weighted by molar-refractivity contribution is -0.352. The molecule has 1 fully saturated rings. The van der Waals surface area contributed by atoms with Crippen molar-refractivity contribution in [2.75, 3.05) is 13.1 Å². The van der Waals surface area contributed by atoms with Crippen molar-refractivity contribution in [1.29, 1.82) is 5.41 Å². The molecule has 1 unspecified atom stereocenters. The lowest BCUT2D eigenvalue weighted by Gasteiger charge is -2.40. The van der Waals surface area contributed by atoms with E-state index < -0.39 is 25.1 Å². The third kappa shape index (κ3) is 3.28. The van der Waals surface area contributed by atoms with E-state index in [1.54, 1.807) is 37.5 Å². The largest absolute Gasteiger partial charge is 0.453 e. The van der Waals surface area contributed by atoms with E-state index in [9.17, 15) is 13.2 Å². The Kier molecular flexibility index (Phi) is 3.87. The average Bonchev–Trinajstić information content (AvgIpc) is 2.86. The van der Waals surface area contributed by atoms with Crippen molar-refractivity contribution < 1.29 is 22.3 Å². The Labute approximate surface area is 136 Å². The van der Waals surface area contributed by atoms with Crippen LogP contribution >= 0.6 is 0 Å². The smallest absolute Gasteiger partial charge is 0.375 e. The molecule has 8 heteroatoms. The van der Waals surface area contributed by atoms with Crippen LogP contribution in [0, 0.1) is 12.3 Å². The number of aryl methyl sites for hydroxylation is 1. The molecule has 2 aromatic heterocycles. The summed E-state index contributed by atoms with van der Waals surface area (Å²) < 4.78 is 50.8. The number of nitrogens with zero attached hydrogens (tertiary/aromatic N) is 2. The number of halogens is 3. The fraction of sp³-hybridized carbons (Fsp3) is 0.375. The molecular formula is C16H16F3N3O2. The molecule has 1 N–H and O–H groups in total. The van der Waals surface area contributed by atoms with E-state index >= 15 is 0 Å². The molecular weight excluding hydrogens is 323 g/mol. The maximum atomic E-state index is 14.0. The Balaban J connectivity index is 1.89. The summed E-state index contributed by atoms with van der Waals surface area (Å²) in [6.45, 7) is 1.22. The molecule has 1 aliphatic heterocycles. The number of aromatic nitrogens is 1. The van der Waals surface area contributed by atoms with Crippen molar-refractivity contribution >= 4 is 5.84 Å². The van der Waals surface area contributed by atoms with Crippen molar-refractivity contribution in [2.45, 2.75) is 25.8 Å². The van der Waals surface area contributed by atoms with Crippen molar-refractivity contribution in [2.24, 2.45) is 0 Å². The maximum Gasteiger partial charge on any atom is 0.375 e. The molecule has 0 spiro atoms. The van der Waals surface area contributed by atoms with E-state index in [1.807, 2.05) is 0 Å². The van der Waals surface area contributed by atoms with E-state index in [0.29, 0.717) is 16.9 Å². The highest BCUT2D eigenvalue weighted by atomic mass is 19.3. The maximum absolute atomic E-state index is 14.0. The summed E-state index contributed by atoms with van der Waals surface area (Å²) in [4.78, 5) is 4.90. The van der Waals surface area contributed by atoms with Gasteiger partial charge in [-0.15, -0.1) is 0 Å². The Morgan fingerprint density at radius 1 is 1.33 bits per heavy atom. The van der Waals surface area contributed by atoms with Gasteiger partial charge < -0.3 is 9.32 Å². The molecule has 0 bridgehead atoms. The fourth-order valence-corrected chi connectivity index (χ4v) is 2.66. The average molecular weight is 339 g/mol. The minimum Gasteiger partial charge on any atom is -0.453 e. The molecule has 128 valence electrons. The van der Waals surface area contributed by atoms with Gasteiger partial charge in [-0.3, -0.25) is 15.1 Å². The van der Waals surface area contributed by atoms with Gasteiger partial charge in [-0.1, -0.05) is 0 Å². The van der Waals surface area contributed by atoms with Gasteiger partial charge in [0.1, 0.15) is 12.3 Å². The normalized spacial score (nSPS) is 23.3. The summed E-state index contributed by atoms with van der Waals surface area (Å²) in [5, 5.41) is 8.16. The number of morpholine rings is 1. The monoisotopic (exact) mass is 339 g/mol. The molecule has 0 radical (unpaired) electrons. The topological polar surface area (TPSA) is 62.4 Å². The van der Waals surface area contributed by atoms with Crippen LogP contribution in [0.25, 0.3) is 11.3 Å². The van der Waals surface area contributed by atoms with Crippen LogP contribution in [-0.4, -0.2) is 40.8 Å². The first-order valence-electron chi connectivity index (χ1n) is 7.28. The molecule has 3 heterocycles. The van der Waals surface area contributed by atoms with Crippen LogP contribution in [0.4, 0.5) is 13.2 Å². The first-order valence-corrected chi connectivity index (χ1v) is 7.28. The quantitative estimate of drug-likeness (QED) is 0.671. The van der Waals surface area contributed by atoms with Crippen LogP contribution in [0.2, 0.25) is 0 Å². The standard InChI is InChI=1S/C16H16F3N3O2/c1-10-6-12(11-4-3-5-21-7-11)23-13(10)14(20)22-8-15(2,17)24-16(18,19)9-22/h3-7,20H,8-9H2,1-2H3. The number of amidine groups is 1. The number of furan rings is 1. The van der Waals surface area contributed by atoms with Crippen LogP contribution in [0.1, 0.15) is 18.2 Å². The van der Waals surface area contributed by atoms with Gasteiger partial charge in [-0.05, 0) is 37.6 Å². The van der Waals surface area contributed by atoms with Gasteiger partial charge >= 0.3 is 6.11 Å². The molecule has 0 aliphatic carbocycles. The van der Waals surface area contributed by atoms with Crippen molar-refractivity contribution in [3.8, 4) is 11.3 Å². The van der Waals surface area contributed by atoms with Crippen LogP contribution in [0.3, 0.4) is 0 Å². The number of rotatable bonds is 2. The lowest BCUT2D eigenvalue weighted by atomic mass is 10.1. The Hall–Kier alpha value is -2.35. The van der Waals surface area contributed by atoms with E-state index in [2.05, 4.69) is 9.72 Å². The molecule has 5 nitrogen and oxygen atoms in total. The molecule has 24 heavy (non-hydrogen) atoms. The van der Waals surface area contributed by atoms with Crippen molar-refractivity contribution in [3.63, 3.8) is 0 Å². The molecule has 0 amide bonds. The summed E-state index contributed by atoms with van der Waals surface area (Å²) in [5.74, 6) is -2.29. The lowest BCUT2D eigenvalue weighted by Crippen LogP contribution is -2.57. The zero-order valence-electron chi connectivity index (χ0n) is 13.1. The number of hydrogen-bond donors (Lipinski definition) is 1. The number of pyridine rings is 1. The molecule has 1 saturated heterocycles. The highest BCUT2D eigenvalue weighted by Crippen LogP contribution is 2.34. The number of alkyl halides is 3. The summed E-state index contributed by atoms with van der Waals surface area (Å²) >= 11 is 0. The van der Waals surface area contributed by atoms with E-state index in [-0.39, 0.29) is 11.6 Å². The minimum atomic E-state index is -3.68. The predicted octanol–water partition coefficient (Wildman–Crippen LogP) is 3.59. The molecule has 2 aromatic rings.